The minimum absolute atomic E-state index is 0.0800. The molecule has 43 heavy (non-hydrogen) atoms. The summed E-state index contributed by atoms with van der Waals surface area (Å²) in [5.41, 5.74) is 1.23. The summed E-state index contributed by atoms with van der Waals surface area (Å²) in [5, 5.41) is 3.39. The SMILES string of the molecule is CC[C@H](C(=O)N[C@@H](C)CC)N(CCc1ccccc1)C(=O)CN(c1ccc(Cl)cc1)S(=O)(=O)c1ccc(OC)c(OC)c1. The van der Waals surface area contributed by atoms with Crippen LogP contribution in [-0.4, -0.2) is 64.5 Å². The van der Waals surface area contributed by atoms with Crippen LogP contribution in [0.15, 0.2) is 77.7 Å². The van der Waals surface area contributed by atoms with Crippen LogP contribution in [0.4, 0.5) is 5.69 Å². The largest absolute Gasteiger partial charge is 0.493 e. The van der Waals surface area contributed by atoms with Gasteiger partial charge in [0.2, 0.25) is 11.8 Å². The Balaban J connectivity index is 2.05. The molecule has 0 fully saturated rings. The van der Waals surface area contributed by atoms with Crippen molar-refractivity contribution in [2.24, 2.45) is 0 Å². The second-order valence-electron chi connectivity index (χ2n) is 10.1. The highest BCUT2D eigenvalue weighted by molar-refractivity contribution is 7.92. The lowest BCUT2D eigenvalue weighted by Crippen LogP contribution is -2.54. The van der Waals surface area contributed by atoms with Crippen LogP contribution in [0.25, 0.3) is 0 Å². The van der Waals surface area contributed by atoms with Crippen molar-refractivity contribution >= 4 is 39.1 Å². The lowest BCUT2D eigenvalue weighted by atomic mass is 10.1. The number of carbonyl (C=O) groups excluding carboxylic acids is 2. The van der Waals surface area contributed by atoms with Crippen molar-refractivity contribution in [3.8, 4) is 11.5 Å². The molecule has 0 aromatic heterocycles. The molecule has 0 radical (unpaired) electrons. The zero-order valence-electron chi connectivity index (χ0n) is 25.2. The van der Waals surface area contributed by atoms with Gasteiger partial charge in [-0.05, 0) is 68.1 Å². The third-order valence-electron chi connectivity index (χ3n) is 7.21. The van der Waals surface area contributed by atoms with Gasteiger partial charge in [0.05, 0.1) is 24.8 Å². The van der Waals surface area contributed by atoms with Crippen LogP contribution in [0.2, 0.25) is 5.02 Å². The third kappa shape index (κ3) is 8.64. The van der Waals surface area contributed by atoms with Gasteiger partial charge in [0.1, 0.15) is 12.6 Å². The van der Waals surface area contributed by atoms with Gasteiger partial charge in [-0.2, -0.15) is 0 Å². The molecular formula is C32H40ClN3O6S. The lowest BCUT2D eigenvalue weighted by Gasteiger charge is -2.33. The monoisotopic (exact) mass is 629 g/mol. The molecule has 3 aromatic carbocycles. The molecule has 0 aliphatic rings. The number of amides is 2. The van der Waals surface area contributed by atoms with Crippen LogP contribution in [-0.2, 0) is 26.0 Å². The summed E-state index contributed by atoms with van der Waals surface area (Å²) < 4.78 is 39.9. The number of carbonyl (C=O) groups is 2. The maximum absolute atomic E-state index is 14.1. The molecule has 0 bridgehead atoms. The molecule has 1 N–H and O–H groups in total. The predicted molar refractivity (Wildman–Crippen MR) is 169 cm³/mol. The number of hydrogen-bond acceptors (Lipinski definition) is 6. The van der Waals surface area contributed by atoms with Crippen molar-refractivity contribution < 1.29 is 27.5 Å². The number of ether oxygens (including phenoxy) is 2. The first-order valence-corrected chi connectivity index (χ1v) is 16.0. The molecule has 11 heteroatoms. The fourth-order valence-corrected chi connectivity index (χ4v) is 6.13. The lowest BCUT2D eigenvalue weighted by molar-refractivity contribution is -0.139. The maximum atomic E-state index is 14.1. The Labute approximate surface area is 259 Å². The Hall–Kier alpha value is -3.76. The molecule has 3 aromatic rings. The van der Waals surface area contributed by atoms with E-state index in [4.69, 9.17) is 21.1 Å². The number of nitrogens with zero attached hydrogens (tertiary/aromatic N) is 2. The highest BCUT2D eigenvalue weighted by Gasteiger charge is 2.34. The van der Waals surface area contributed by atoms with E-state index in [0.29, 0.717) is 23.6 Å². The Morgan fingerprint density at radius 1 is 0.907 bits per heavy atom. The Morgan fingerprint density at radius 2 is 1.56 bits per heavy atom. The number of hydrogen-bond donors (Lipinski definition) is 1. The van der Waals surface area contributed by atoms with Gasteiger partial charge in [0, 0.05) is 23.7 Å². The zero-order valence-corrected chi connectivity index (χ0v) is 26.8. The summed E-state index contributed by atoms with van der Waals surface area (Å²) >= 11 is 6.11. The van der Waals surface area contributed by atoms with Crippen LogP contribution in [0.3, 0.4) is 0 Å². The Bertz CT molecular complexity index is 1470. The molecule has 3 rings (SSSR count). The molecule has 0 aliphatic carbocycles. The van der Waals surface area contributed by atoms with Gasteiger partial charge in [-0.25, -0.2) is 8.42 Å². The minimum atomic E-state index is -4.29. The smallest absolute Gasteiger partial charge is 0.264 e. The number of halogens is 1. The number of benzene rings is 3. The summed E-state index contributed by atoms with van der Waals surface area (Å²) in [6.07, 6.45) is 1.57. The molecule has 0 heterocycles. The van der Waals surface area contributed by atoms with E-state index >= 15 is 0 Å². The van der Waals surface area contributed by atoms with E-state index in [0.717, 1.165) is 16.3 Å². The summed E-state index contributed by atoms with van der Waals surface area (Å²) in [4.78, 5) is 28.9. The van der Waals surface area contributed by atoms with Gasteiger partial charge < -0.3 is 19.7 Å². The van der Waals surface area contributed by atoms with Gasteiger partial charge in [-0.1, -0.05) is 55.8 Å². The normalized spacial score (nSPS) is 12.6. The highest BCUT2D eigenvalue weighted by Crippen LogP contribution is 2.32. The second-order valence-corrected chi connectivity index (χ2v) is 12.4. The molecule has 0 aliphatic heterocycles. The predicted octanol–water partition coefficient (Wildman–Crippen LogP) is 5.32. The summed E-state index contributed by atoms with van der Waals surface area (Å²) in [7, 11) is -1.42. The van der Waals surface area contributed by atoms with Gasteiger partial charge in [-0.3, -0.25) is 13.9 Å². The number of methoxy groups -OCH3 is 2. The first kappa shape index (κ1) is 33.7. The Morgan fingerprint density at radius 3 is 2.14 bits per heavy atom. The highest BCUT2D eigenvalue weighted by atomic mass is 35.5. The topological polar surface area (TPSA) is 105 Å². The second kappa shape index (κ2) is 15.6. The maximum Gasteiger partial charge on any atom is 0.264 e. The molecule has 0 saturated heterocycles. The van der Waals surface area contributed by atoms with Gasteiger partial charge in [0.25, 0.3) is 10.0 Å². The first-order chi connectivity index (χ1) is 20.5. The summed E-state index contributed by atoms with van der Waals surface area (Å²) in [6.45, 7) is 5.38. The zero-order chi connectivity index (χ0) is 31.6. The molecule has 2 amide bonds. The molecule has 232 valence electrons. The molecule has 0 spiro atoms. The average molecular weight is 630 g/mol. The minimum Gasteiger partial charge on any atom is -0.493 e. The van der Waals surface area contributed by atoms with Crippen LogP contribution < -0.4 is 19.1 Å². The molecular weight excluding hydrogens is 590 g/mol. The molecule has 9 nitrogen and oxygen atoms in total. The van der Waals surface area contributed by atoms with E-state index in [1.165, 1.54) is 49.5 Å². The molecule has 0 saturated carbocycles. The van der Waals surface area contributed by atoms with Gasteiger partial charge >= 0.3 is 0 Å². The van der Waals surface area contributed by atoms with Crippen molar-refractivity contribution in [2.45, 2.75) is 57.0 Å². The van der Waals surface area contributed by atoms with E-state index in [9.17, 15) is 18.0 Å². The van der Waals surface area contributed by atoms with Crippen molar-refractivity contribution in [3.63, 3.8) is 0 Å². The van der Waals surface area contributed by atoms with Crippen LogP contribution >= 0.6 is 11.6 Å². The standard InChI is InChI=1S/C32H40ClN3O6S/c1-6-23(3)34-32(38)28(7-2)35(20-19-24-11-9-8-10-12-24)31(37)22-36(26-15-13-25(33)14-16-26)43(39,40)27-17-18-29(41-4)30(21-27)42-5/h8-18,21,23,28H,6-7,19-20,22H2,1-5H3,(H,34,38)/t23-,28+/m0/s1. The van der Waals surface area contributed by atoms with E-state index in [1.807, 2.05) is 51.1 Å². The number of anilines is 1. The van der Waals surface area contributed by atoms with Crippen molar-refractivity contribution in [2.75, 3.05) is 31.6 Å². The first-order valence-electron chi connectivity index (χ1n) is 14.2. The fraction of sp³-hybridized carbons (Fsp3) is 0.375. The Kier molecular flexibility index (Phi) is 12.3. The summed E-state index contributed by atoms with van der Waals surface area (Å²) in [6, 6.07) is 19.2. The number of sulfonamides is 1. The van der Waals surface area contributed by atoms with Crippen molar-refractivity contribution in [1.82, 2.24) is 10.2 Å². The van der Waals surface area contributed by atoms with Crippen LogP contribution in [0.5, 0.6) is 11.5 Å². The molecule has 0 unspecified atom stereocenters. The van der Waals surface area contributed by atoms with E-state index < -0.39 is 28.5 Å². The summed E-state index contributed by atoms with van der Waals surface area (Å²) in [5.74, 6) is -0.205. The number of nitrogens with one attached hydrogen (secondary N) is 1. The van der Waals surface area contributed by atoms with Gasteiger partial charge in [0.15, 0.2) is 11.5 Å². The van der Waals surface area contributed by atoms with Crippen molar-refractivity contribution in [3.05, 3.63) is 83.4 Å². The third-order valence-corrected chi connectivity index (χ3v) is 9.23. The van der Waals surface area contributed by atoms with Crippen molar-refractivity contribution in [1.29, 1.82) is 0 Å². The van der Waals surface area contributed by atoms with Gasteiger partial charge in [-0.15, -0.1) is 0 Å². The van der Waals surface area contributed by atoms with E-state index in [1.54, 1.807) is 12.1 Å². The van der Waals surface area contributed by atoms with E-state index in [-0.39, 0.29) is 34.8 Å². The number of rotatable bonds is 15. The quantitative estimate of drug-likeness (QED) is 0.244. The average Bonchev–Trinajstić information content (AvgIpc) is 3.02. The molecule has 2 atom stereocenters. The van der Waals surface area contributed by atoms with Crippen LogP contribution in [0, 0.1) is 0 Å². The fourth-order valence-electron chi connectivity index (χ4n) is 4.58. The van der Waals surface area contributed by atoms with Crippen LogP contribution in [0.1, 0.15) is 39.2 Å². The van der Waals surface area contributed by atoms with E-state index in [2.05, 4.69) is 5.32 Å².